The van der Waals surface area contributed by atoms with Crippen molar-refractivity contribution >= 4 is 39.8 Å². The first-order valence-electron chi connectivity index (χ1n) is 9.54. The Kier molecular flexibility index (Phi) is 6.56. The third kappa shape index (κ3) is 4.22. The highest BCUT2D eigenvalue weighted by atomic mass is 35.5. The average Bonchev–Trinajstić information content (AvgIpc) is 2.77. The lowest BCUT2D eigenvalue weighted by Crippen LogP contribution is -2.31. The molecule has 0 unspecified atom stereocenters. The van der Waals surface area contributed by atoms with Gasteiger partial charge in [0.1, 0.15) is 5.57 Å². The van der Waals surface area contributed by atoms with Crippen molar-refractivity contribution in [3.63, 3.8) is 0 Å². The maximum absolute atomic E-state index is 13.6. The van der Waals surface area contributed by atoms with Gasteiger partial charge < -0.3 is 11.1 Å². The van der Waals surface area contributed by atoms with Crippen molar-refractivity contribution in [3.8, 4) is 12.3 Å². The van der Waals surface area contributed by atoms with Gasteiger partial charge in [0.2, 0.25) is 5.78 Å². The Hall–Kier alpha value is -3.55. The Morgan fingerprint density at radius 2 is 1.77 bits per heavy atom. The van der Waals surface area contributed by atoms with Crippen LogP contribution in [-0.4, -0.2) is 18.2 Å². The number of nitrogens with one attached hydrogen (secondary N) is 1. The number of carbonyl (C=O) groups is 2. The van der Waals surface area contributed by atoms with Gasteiger partial charge in [-0.25, -0.2) is 0 Å². The van der Waals surface area contributed by atoms with Crippen LogP contribution >= 0.6 is 11.6 Å². The Morgan fingerprint density at radius 3 is 2.43 bits per heavy atom. The van der Waals surface area contributed by atoms with E-state index in [0.29, 0.717) is 23.1 Å². The summed E-state index contributed by atoms with van der Waals surface area (Å²) in [6.45, 7) is 2.34. The number of amides is 1. The van der Waals surface area contributed by atoms with E-state index in [1.807, 2.05) is 31.2 Å². The molecule has 0 heterocycles. The smallest absolute Gasteiger partial charge is 0.257 e. The zero-order valence-electron chi connectivity index (χ0n) is 16.5. The van der Waals surface area contributed by atoms with Gasteiger partial charge in [0.25, 0.3) is 5.91 Å². The van der Waals surface area contributed by atoms with Crippen LogP contribution in [0.3, 0.4) is 0 Å². The normalized spacial score (nSPS) is 11.5. The standard InChI is InChI=1S/C25H21ClN2O2/c1-3-15-28-25(30)22(23(27)18-11-9-16(4-2)10-12-18)24(29)21-19-8-6-5-7-17(19)13-14-20(21)26/h2,5-14H,3,15,27H2,1H3,(H,28,30)/b23-22+. The monoisotopic (exact) mass is 416 g/mol. The SMILES string of the molecule is C#Cc1ccc(/C(N)=C(\C(=O)NCCC)C(=O)c2c(Cl)ccc3ccccc23)cc1. The number of benzene rings is 3. The molecule has 0 fully saturated rings. The van der Waals surface area contributed by atoms with E-state index < -0.39 is 11.7 Å². The number of rotatable bonds is 6. The van der Waals surface area contributed by atoms with E-state index in [1.54, 1.807) is 36.4 Å². The molecule has 0 aromatic heterocycles. The van der Waals surface area contributed by atoms with Crippen molar-refractivity contribution in [3.05, 3.63) is 87.9 Å². The molecule has 150 valence electrons. The number of ketones is 1. The topological polar surface area (TPSA) is 72.2 Å². The number of hydrogen-bond donors (Lipinski definition) is 2. The summed E-state index contributed by atoms with van der Waals surface area (Å²) in [7, 11) is 0. The Labute approximate surface area is 180 Å². The van der Waals surface area contributed by atoms with Crippen LogP contribution in [0.4, 0.5) is 0 Å². The minimum absolute atomic E-state index is 0.0705. The summed E-state index contributed by atoms with van der Waals surface area (Å²) in [6.07, 6.45) is 6.13. The van der Waals surface area contributed by atoms with Gasteiger partial charge in [-0.2, -0.15) is 0 Å². The molecule has 0 aliphatic rings. The van der Waals surface area contributed by atoms with Crippen LogP contribution in [0.25, 0.3) is 16.5 Å². The highest BCUT2D eigenvalue weighted by molar-refractivity contribution is 6.40. The fourth-order valence-corrected chi connectivity index (χ4v) is 3.42. The molecule has 3 aromatic carbocycles. The molecule has 3 aromatic rings. The molecule has 1 amide bonds. The summed E-state index contributed by atoms with van der Waals surface area (Å²) in [5, 5.41) is 4.51. The maximum atomic E-state index is 13.6. The second kappa shape index (κ2) is 9.30. The van der Waals surface area contributed by atoms with Crippen molar-refractivity contribution in [2.75, 3.05) is 6.54 Å². The summed E-state index contributed by atoms with van der Waals surface area (Å²) in [4.78, 5) is 26.6. The summed E-state index contributed by atoms with van der Waals surface area (Å²) in [5.74, 6) is 1.47. The highest BCUT2D eigenvalue weighted by Crippen LogP contribution is 2.30. The quantitative estimate of drug-likeness (QED) is 0.203. The second-order valence-electron chi connectivity index (χ2n) is 6.74. The highest BCUT2D eigenvalue weighted by Gasteiger charge is 2.27. The van der Waals surface area contributed by atoms with E-state index in [4.69, 9.17) is 23.8 Å². The van der Waals surface area contributed by atoms with Gasteiger partial charge in [-0.3, -0.25) is 9.59 Å². The third-order valence-electron chi connectivity index (χ3n) is 4.73. The number of nitrogens with two attached hydrogens (primary N) is 1. The molecule has 0 saturated heterocycles. The van der Waals surface area contributed by atoms with Crippen LogP contribution in [0.2, 0.25) is 5.02 Å². The summed E-state index contributed by atoms with van der Waals surface area (Å²) in [6, 6.07) is 17.6. The van der Waals surface area contributed by atoms with E-state index in [9.17, 15) is 9.59 Å². The van der Waals surface area contributed by atoms with Crippen molar-refractivity contribution in [2.45, 2.75) is 13.3 Å². The lowest BCUT2D eigenvalue weighted by molar-refractivity contribution is -0.117. The third-order valence-corrected chi connectivity index (χ3v) is 5.04. The first kappa shape index (κ1) is 21.2. The lowest BCUT2D eigenvalue weighted by atomic mass is 9.93. The molecule has 0 atom stereocenters. The van der Waals surface area contributed by atoms with Crippen LogP contribution < -0.4 is 11.1 Å². The fraction of sp³-hybridized carbons (Fsp3) is 0.120. The predicted molar refractivity (Wildman–Crippen MR) is 122 cm³/mol. The number of terminal acetylenes is 1. The first-order valence-corrected chi connectivity index (χ1v) is 9.92. The molecule has 0 bridgehead atoms. The number of halogens is 1. The number of fused-ring (bicyclic) bond motifs is 1. The molecular weight excluding hydrogens is 396 g/mol. The van der Waals surface area contributed by atoms with Gasteiger partial charge in [-0.1, -0.05) is 66.9 Å². The van der Waals surface area contributed by atoms with Gasteiger partial charge in [0.05, 0.1) is 10.7 Å². The van der Waals surface area contributed by atoms with Gasteiger partial charge in [-0.15, -0.1) is 6.42 Å². The minimum atomic E-state index is -0.538. The number of Topliss-reactive ketones (excluding diaryl/α,β-unsaturated/α-hetero) is 1. The van der Waals surface area contributed by atoms with Gasteiger partial charge in [0.15, 0.2) is 0 Å². The number of carbonyl (C=O) groups excluding carboxylic acids is 2. The maximum Gasteiger partial charge on any atom is 0.257 e. The van der Waals surface area contributed by atoms with Crippen LogP contribution in [0.5, 0.6) is 0 Å². The molecule has 3 rings (SSSR count). The first-order chi connectivity index (χ1) is 14.5. The molecule has 0 saturated carbocycles. The molecule has 3 N–H and O–H groups in total. The molecule has 0 spiro atoms. The van der Waals surface area contributed by atoms with E-state index >= 15 is 0 Å². The van der Waals surface area contributed by atoms with E-state index in [-0.39, 0.29) is 21.9 Å². The van der Waals surface area contributed by atoms with Gasteiger partial charge >= 0.3 is 0 Å². The van der Waals surface area contributed by atoms with Crippen molar-refractivity contribution in [2.24, 2.45) is 5.73 Å². The molecule has 4 nitrogen and oxygen atoms in total. The average molecular weight is 417 g/mol. The molecule has 30 heavy (non-hydrogen) atoms. The van der Waals surface area contributed by atoms with Gasteiger partial charge in [0, 0.05) is 17.7 Å². The molecule has 5 heteroatoms. The fourth-order valence-electron chi connectivity index (χ4n) is 3.17. The second-order valence-corrected chi connectivity index (χ2v) is 7.15. The van der Waals surface area contributed by atoms with E-state index in [1.165, 1.54) is 0 Å². The van der Waals surface area contributed by atoms with E-state index in [0.717, 1.165) is 11.8 Å². The molecule has 0 radical (unpaired) electrons. The molecule has 0 aliphatic heterocycles. The summed E-state index contributed by atoms with van der Waals surface area (Å²) in [5.41, 5.74) is 7.72. The predicted octanol–water partition coefficient (Wildman–Crippen LogP) is 4.55. The van der Waals surface area contributed by atoms with Crippen molar-refractivity contribution in [1.82, 2.24) is 5.32 Å². The Morgan fingerprint density at radius 1 is 1.07 bits per heavy atom. The summed E-state index contributed by atoms with van der Waals surface area (Å²) < 4.78 is 0. The minimum Gasteiger partial charge on any atom is -0.397 e. The van der Waals surface area contributed by atoms with Crippen molar-refractivity contribution < 1.29 is 9.59 Å². The lowest BCUT2D eigenvalue weighted by Gasteiger charge is -2.14. The van der Waals surface area contributed by atoms with Crippen LogP contribution in [0.15, 0.2) is 66.2 Å². The summed E-state index contributed by atoms with van der Waals surface area (Å²) >= 11 is 6.40. The Bertz CT molecular complexity index is 1190. The zero-order chi connectivity index (χ0) is 21.7. The molecule has 0 aliphatic carbocycles. The van der Waals surface area contributed by atoms with Crippen LogP contribution in [0, 0.1) is 12.3 Å². The number of hydrogen-bond acceptors (Lipinski definition) is 3. The van der Waals surface area contributed by atoms with Crippen molar-refractivity contribution in [1.29, 1.82) is 0 Å². The molecular formula is C25H21ClN2O2. The van der Waals surface area contributed by atoms with Gasteiger partial charge in [-0.05, 0) is 41.0 Å². The largest absolute Gasteiger partial charge is 0.397 e. The zero-order valence-corrected chi connectivity index (χ0v) is 17.3. The van der Waals surface area contributed by atoms with E-state index in [2.05, 4.69) is 11.2 Å². The van der Waals surface area contributed by atoms with Crippen LogP contribution in [-0.2, 0) is 4.79 Å². The Balaban J connectivity index is 2.20. The van der Waals surface area contributed by atoms with Crippen LogP contribution in [0.1, 0.15) is 34.8 Å².